The van der Waals surface area contributed by atoms with Gasteiger partial charge in [0.2, 0.25) is 5.89 Å². The fourth-order valence-electron chi connectivity index (χ4n) is 2.79. The zero-order valence-corrected chi connectivity index (χ0v) is 15.9. The zero-order valence-electron chi connectivity index (χ0n) is 15.9. The number of Topliss-reactive ketones (excluding diaryl/α,β-unsaturated/α-hetero) is 1. The van der Waals surface area contributed by atoms with Gasteiger partial charge in [0.15, 0.2) is 11.4 Å². The summed E-state index contributed by atoms with van der Waals surface area (Å²) in [4.78, 5) is 15.3. The van der Waals surface area contributed by atoms with Crippen LogP contribution >= 0.6 is 0 Å². The first-order valence-corrected chi connectivity index (χ1v) is 8.87. The molecule has 0 amide bonds. The average molecular weight is 362 g/mol. The number of hydrogen-bond donors (Lipinski definition) is 0. The minimum Gasteiger partial charge on any atom is -0.436 e. The van der Waals surface area contributed by atoms with Gasteiger partial charge in [0.1, 0.15) is 17.5 Å². The highest BCUT2D eigenvalue weighted by atomic mass is 16.5. The maximum absolute atomic E-state index is 10.8. The molecule has 0 aliphatic carbocycles. The predicted octanol–water partition coefficient (Wildman–Crippen LogP) is 5.69. The number of carbonyl (C=O) groups is 1. The molecule has 2 aromatic heterocycles. The largest absolute Gasteiger partial charge is 0.436 e. The van der Waals surface area contributed by atoms with Crippen LogP contribution < -0.4 is 0 Å². The molecule has 2 aromatic carbocycles. The third-order valence-corrected chi connectivity index (χ3v) is 4.27. The van der Waals surface area contributed by atoms with Gasteiger partial charge in [-0.1, -0.05) is 41.9 Å². The van der Waals surface area contributed by atoms with E-state index in [1.165, 1.54) is 17.4 Å². The zero-order chi connectivity index (χ0) is 19.4. The van der Waals surface area contributed by atoms with E-state index in [0.717, 1.165) is 22.2 Å². The van der Waals surface area contributed by atoms with Crippen molar-refractivity contribution in [1.82, 2.24) is 10.1 Å². The molecule has 0 aliphatic rings. The molecule has 0 aliphatic heterocycles. The Bertz CT molecular complexity index is 1060. The summed E-state index contributed by atoms with van der Waals surface area (Å²) in [6.45, 7) is 8.01. The highest BCUT2D eigenvalue weighted by molar-refractivity contribution is 5.93. The first-order chi connectivity index (χ1) is 13.0. The van der Waals surface area contributed by atoms with E-state index >= 15 is 0 Å². The molecule has 0 fully saturated rings. The highest BCUT2D eigenvalue weighted by Crippen LogP contribution is 2.28. The van der Waals surface area contributed by atoms with Gasteiger partial charge in [0.25, 0.3) is 0 Å². The SMILES string of the molecule is CCC(=O)c1ccon1.Cc1ccc(-c2nc3cccc(C)c3o2)c(C)c1. The quantitative estimate of drug-likeness (QED) is 0.438. The average Bonchev–Trinajstić information content (AvgIpc) is 3.32. The lowest BCUT2D eigenvalue weighted by Gasteiger charge is -2.02. The van der Waals surface area contributed by atoms with Crippen molar-refractivity contribution in [2.24, 2.45) is 0 Å². The monoisotopic (exact) mass is 362 g/mol. The van der Waals surface area contributed by atoms with Gasteiger partial charge >= 0.3 is 0 Å². The number of aryl methyl sites for hydroxylation is 3. The molecule has 0 saturated carbocycles. The maximum Gasteiger partial charge on any atom is 0.227 e. The molecule has 0 saturated heterocycles. The van der Waals surface area contributed by atoms with E-state index in [2.05, 4.69) is 46.7 Å². The molecule has 0 atom stereocenters. The van der Waals surface area contributed by atoms with Gasteiger partial charge in [0, 0.05) is 18.1 Å². The van der Waals surface area contributed by atoms with E-state index < -0.39 is 0 Å². The minimum absolute atomic E-state index is 0.0174. The lowest BCUT2D eigenvalue weighted by molar-refractivity contribution is 0.0979. The number of ketones is 1. The van der Waals surface area contributed by atoms with Gasteiger partial charge < -0.3 is 8.94 Å². The van der Waals surface area contributed by atoms with E-state index in [9.17, 15) is 4.79 Å². The number of rotatable bonds is 3. The Hall–Kier alpha value is -3.21. The first kappa shape index (κ1) is 18.6. The van der Waals surface area contributed by atoms with E-state index in [0.29, 0.717) is 18.0 Å². The minimum atomic E-state index is 0.0174. The van der Waals surface area contributed by atoms with Crippen LogP contribution in [0, 0.1) is 20.8 Å². The number of carbonyl (C=O) groups excluding carboxylic acids is 1. The van der Waals surface area contributed by atoms with Crippen LogP contribution in [0.25, 0.3) is 22.6 Å². The fraction of sp³-hybridized carbons (Fsp3) is 0.227. The smallest absolute Gasteiger partial charge is 0.227 e. The summed E-state index contributed by atoms with van der Waals surface area (Å²) in [5.41, 5.74) is 6.85. The molecule has 27 heavy (non-hydrogen) atoms. The van der Waals surface area contributed by atoms with Crippen LogP contribution in [0.1, 0.15) is 40.5 Å². The van der Waals surface area contributed by atoms with E-state index in [1.54, 1.807) is 13.0 Å². The van der Waals surface area contributed by atoms with Crippen molar-refractivity contribution in [3.8, 4) is 11.5 Å². The molecular formula is C22H22N2O3. The van der Waals surface area contributed by atoms with E-state index in [4.69, 9.17) is 4.42 Å². The molecule has 0 spiro atoms. The Morgan fingerprint density at radius 1 is 1.04 bits per heavy atom. The summed E-state index contributed by atoms with van der Waals surface area (Å²) in [7, 11) is 0. The van der Waals surface area contributed by atoms with Crippen molar-refractivity contribution >= 4 is 16.9 Å². The molecule has 5 nitrogen and oxygen atoms in total. The highest BCUT2D eigenvalue weighted by Gasteiger charge is 2.11. The van der Waals surface area contributed by atoms with Crippen molar-refractivity contribution in [1.29, 1.82) is 0 Å². The molecular weight excluding hydrogens is 340 g/mol. The molecule has 4 rings (SSSR count). The summed E-state index contributed by atoms with van der Waals surface area (Å²) < 4.78 is 10.4. The summed E-state index contributed by atoms with van der Waals surface area (Å²) in [6.07, 6.45) is 1.87. The Kier molecular flexibility index (Phi) is 5.50. The third kappa shape index (κ3) is 4.14. The number of aromatic nitrogens is 2. The molecule has 0 unspecified atom stereocenters. The molecule has 0 bridgehead atoms. The van der Waals surface area contributed by atoms with Crippen LogP contribution in [0.4, 0.5) is 0 Å². The van der Waals surface area contributed by atoms with Gasteiger partial charge in [-0.25, -0.2) is 4.98 Å². The first-order valence-electron chi connectivity index (χ1n) is 8.87. The Balaban J connectivity index is 0.000000197. The van der Waals surface area contributed by atoms with Crippen molar-refractivity contribution in [3.63, 3.8) is 0 Å². The molecule has 0 N–H and O–H groups in total. The number of oxazole rings is 1. The van der Waals surface area contributed by atoms with Gasteiger partial charge in [-0.3, -0.25) is 4.79 Å². The van der Waals surface area contributed by atoms with Crippen LogP contribution in [0.15, 0.2) is 57.7 Å². The third-order valence-electron chi connectivity index (χ3n) is 4.27. The van der Waals surface area contributed by atoms with Crippen LogP contribution in [-0.4, -0.2) is 15.9 Å². The lowest BCUT2D eigenvalue weighted by Crippen LogP contribution is -1.94. The Morgan fingerprint density at radius 3 is 2.48 bits per heavy atom. The van der Waals surface area contributed by atoms with Crippen molar-refractivity contribution in [2.45, 2.75) is 34.1 Å². The Labute approximate surface area is 158 Å². The van der Waals surface area contributed by atoms with Gasteiger partial charge in [0.05, 0.1) is 0 Å². The lowest BCUT2D eigenvalue weighted by atomic mass is 10.1. The van der Waals surface area contributed by atoms with Gasteiger partial charge in [-0.05, 0) is 44.0 Å². The summed E-state index contributed by atoms with van der Waals surface area (Å²) in [5, 5.41) is 3.46. The number of nitrogens with zero attached hydrogens (tertiary/aromatic N) is 2. The van der Waals surface area contributed by atoms with Crippen molar-refractivity contribution in [3.05, 3.63) is 71.1 Å². The normalized spacial score (nSPS) is 10.5. The molecule has 5 heteroatoms. The molecule has 0 radical (unpaired) electrons. The van der Waals surface area contributed by atoms with Crippen LogP contribution in [0.3, 0.4) is 0 Å². The maximum atomic E-state index is 10.8. The second-order valence-electron chi connectivity index (χ2n) is 6.42. The number of fused-ring (bicyclic) bond motifs is 1. The standard InChI is InChI=1S/C16H15NO.C6H7NO2/c1-10-7-8-13(12(3)9-10)16-17-14-6-4-5-11(2)15(14)18-16;1-2-6(8)5-3-4-9-7-5/h4-9H,1-3H3;3-4H,2H2,1H3. The number of hydrogen-bond acceptors (Lipinski definition) is 5. The number of benzene rings is 2. The summed E-state index contributed by atoms with van der Waals surface area (Å²) in [6, 6.07) is 13.9. The van der Waals surface area contributed by atoms with E-state index in [1.807, 2.05) is 25.1 Å². The van der Waals surface area contributed by atoms with Crippen molar-refractivity contribution < 1.29 is 13.7 Å². The summed E-state index contributed by atoms with van der Waals surface area (Å²) >= 11 is 0. The van der Waals surface area contributed by atoms with Crippen LogP contribution in [0.5, 0.6) is 0 Å². The second kappa shape index (κ2) is 7.99. The second-order valence-corrected chi connectivity index (χ2v) is 6.42. The predicted molar refractivity (Wildman–Crippen MR) is 105 cm³/mol. The fourth-order valence-corrected chi connectivity index (χ4v) is 2.79. The summed E-state index contributed by atoms with van der Waals surface area (Å²) in [5.74, 6) is 0.723. The van der Waals surface area contributed by atoms with Gasteiger partial charge in [-0.2, -0.15) is 0 Å². The number of para-hydroxylation sites is 1. The molecule has 2 heterocycles. The van der Waals surface area contributed by atoms with Crippen LogP contribution in [-0.2, 0) is 0 Å². The van der Waals surface area contributed by atoms with E-state index in [-0.39, 0.29) is 5.78 Å². The topological polar surface area (TPSA) is 69.1 Å². The van der Waals surface area contributed by atoms with Crippen LogP contribution in [0.2, 0.25) is 0 Å². The Morgan fingerprint density at radius 2 is 1.85 bits per heavy atom. The van der Waals surface area contributed by atoms with Crippen molar-refractivity contribution in [2.75, 3.05) is 0 Å². The molecule has 138 valence electrons. The van der Waals surface area contributed by atoms with Gasteiger partial charge in [-0.15, -0.1) is 0 Å². The molecule has 4 aromatic rings.